The number of rotatable bonds is 6. The van der Waals surface area contributed by atoms with Crippen molar-refractivity contribution in [1.29, 1.82) is 5.26 Å². The third-order valence-corrected chi connectivity index (χ3v) is 5.50. The second-order valence-electron chi connectivity index (χ2n) is 6.79. The van der Waals surface area contributed by atoms with Gasteiger partial charge in [-0.25, -0.2) is 4.98 Å². The highest BCUT2D eigenvalue weighted by Crippen LogP contribution is 2.34. The van der Waals surface area contributed by atoms with Gasteiger partial charge in [0.2, 0.25) is 0 Å². The Balaban J connectivity index is 1.59. The van der Waals surface area contributed by atoms with E-state index in [2.05, 4.69) is 30.6 Å². The van der Waals surface area contributed by atoms with E-state index < -0.39 is 5.92 Å². The minimum absolute atomic E-state index is 0.239. The van der Waals surface area contributed by atoms with Gasteiger partial charge in [-0.3, -0.25) is 4.90 Å². The van der Waals surface area contributed by atoms with E-state index >= 15 is 0 Å². The smallest absolute Gasteiger partial charge is 0.139 e. The number of aldehydes is 1. The van der Waals surface area contributed by atoms with Crippen LogP contribution in [0.4, 0.5) is 5.69 Å². The Morgan fingerprint density at radius 1 is 1.52 bits per heavy atom. The summed E-state index contributed by atoms with van der Waals surface area (Å²) in [7, 11) is 0. The van der Waals surface area contributed by atoms with Gasteiger partial charge in [-0.15, -0.1) is 0 Å². The van der Waals surface area contributed by atoms with E-state index in [1.54, 1.807) is 0 Å². The number of pyridine rings is 1. The van der Waals surface area contributed by atoms with Crippen molar-refractivity contribution in [2.45, 2.75) is 18.9 Å². The molecule has 1 aliphatic heterocycles. The number of nitrogens with zero attached hydrogens (tertiary/aromatic N) is 4. The molecule has 0 radical (unpaired) electrons. The van der Waals surface area contributed by atoms with E-state index in [9.17, 15) is 4.79 Å². The molecule has 138 valence electrons. The van der Waals surface area contributed by atoms with Crippen molar-refractivity contribution in [2.24, 2.45) is 5.92 Å². The molecule has 0 saturated carbocycles. The van der Waals surface area contributed by atoms with Crippen molar-refractivity contribution in [3.63, 3.8) is 0 Å². The summed E-state index contributed by atoms with van der Waals surface area (Å²) in [5.41, 5.74) is 3.78. The van der Waals surface area contributed by atoms with Crippen LogP contribution in [0.5, 0.6) is 0 Å². The summed E-state index contributed by atoms with van der Waals surface area (Å²) >= 11 is 1.42. The predicted molar refractivity (Wildman–Crippen MR) is 105 cm³/mol. The summed E-state index contributed by atoms with van der Waals surface area (Å²) in [6, 6.07) is 6.33. The number of carbonyl (C=O) groups excluding carboxylic acids is 1. The second-order valence-corrected chi connectivity index (χ2v) is 7.45. The molecule has 3 aromatic rings. The Labute approximate surface area is 161 Å². The molecule has 2 N–H and O–H groups in total. The highest BCUT2D eigenvalue weighted by atomic mass is 32.1. The van der Waals surface area contributed by atoms with Crippen molar-refractivity contribution in [3.05, 3.63) is 29.9 Å². The minimum Gasteiger partial charge on any atom is -0.380 e. The molecule has 7 nitrogen and oxygen atoms in total. The van der Waals surface area contributed by atoms with E-state index in [1.165, 1.54) is 11.5 Å². The van der Waals surface area contributed by atoms with E-state index in [1.807, 2.05) is 29.9 Å². The maximum absolute atomic E-state index is 11.0. The topological polar surface area (TPSA) is 97.7 Å². The predicted octanol–water partition coefficient (Wildman–Crippen LogP) is 2.90. The molecule has 0 aliphatic carbocycles. The van der Waals surface area contributed by atoms with Gasteiger partial charge in [0.25, 0.3) is 0 Å². The van der Waals surface area contributed by atoms with Gasteiger partial charge in [-0.1, -0.05) is 0 Å². The number of H-pyrrole nitrogens is 1. The zero-order valence-electron chi connectivity index (χ0n) is 14.8. The van der Waals surface area contributed by atoms with Gasteiger partial charge in [0.1, 0.15) is 17.9 Å². The van der Waals surface area contributed by atoms with Crippen LogP contribution in [-0.2, 0) is 4.79 Å². The first-order valence-electron chi connectivity index (χ1n) is 8.99. The third kappa shape index (κ3) is 3.70. The lowest BCUT2D eigenvalue weighted by Gasteiger charge is -2.34. The number of hydrogen-bond donors (Lipinski definition) is 2. The summed E-state index contributed by atoms with van der Waals surface area (Å²) in [4.78, 5) is 20.9. The van der Waals surface area contributed by atoms with Crippen molar-refractivity contribution < 1.29 is 4.79 Å². The summed E-state index contributed by atoms with van der Waals surface area (Å²) in [6.45, 7) is 2.21. The van der Waals surface area contributed by atoms with Crippen LogP contribution in [0.25, 0.3) is 22.3 Å². The average molecular weight is 380 g/mol. The molecule has 4 heterocycles. The molecule has 8 heteroatoms. The molecular weight excluding hydrogens is 360 g/mol. The summed E-state index contributed by atoms with van der Waals surface area (Å²) in [5.74, 6) is -0.563. The molecule has 0 spiro atoms. The Morgan fingerprint density at radius 3 is 3.22 bits per heavy atom. The SMILES string of the molecule is N#CC(C=O)CN1CCCC(Nc2c(-c3ccsn3)cnc3[nH]ccc23)C1. The van der Waals surface area contributed by atoms with Gasteiger partial charge < -0.3 is 15.1 Å². The molecule has 1 fully saturated rings. The van der Waals surface area contributed by atoms with E-state index in [0.717, 1.165) is 60.2 Å². The molecule has 1 aliphatic rings. The quantitative estimate of drug-likeness (QED) is 0.638. The lowest BCUT2D eigenvalue weighted by molar-refractivity contribution is -0.110. The number of fused-ring (bicyclic) bond motifs is 1. The fourth-order valence-electron chi connectivity index (χ4n) is 3.64. The fourth-order valence-corrected chi connectivity index (χ4v) is 4.17. The molecule has 3 aromatic heterocycles. The summed E-state index contributed by atoms with van der Waals surface area (Å²) in [6.07, 6.45) is 6.56. The Hall–Kier alpha value is -2.76. The number of piperidine rings is 1. The lowest BCUT2D eigenvalue weighted by Crippen LogP contribution is -2.44. The normalized spacial score (nSPS) is 18.9. The number of nitriles is 1. The van der Waals surface area contributed by atoms with Crippen LogP contribution in [0, 0.1) is 17.2 Å². The number of anilines is 1. The van der Waals surface area contributed by atoms with E-state index in [-0.39, 0.29) is 6.04 Å². The van der Waals surface area contributed by atoms with Gasteiger partial charge in [0.05, 0.1) is 17.5 Å². The van der Waals surface area contributed by atoms with E-state index in [0.29, 0.717) is 6.54 Å². The van der Waals surface area contributed by atoms with Crippen LogP contribution in [0.3, 0.4) is 0 Å². The molecule has 0 aromatic carbocycles. The fraction of sp³-hybridized carbons (Fsp3) is 0.368. The zero-order chi connectivity index (χ0) is 18.6. The lowest BCUT2D eigenvalue weighted by atomic mass is 10.0. The van der Waals surface area contributed by atoms with E-state index in [4.69, 9.17) is 5.26 Å². The highest BCUT2D eigenvalue weighted by Gasteiger charge is 2.24. The van der Waals surface area contributed by atoms with Gasteiger partial charge in [-0.2, -0.15) is 9.64 Å². The molecule has 27 heavy (non-hydrogen) atoms. The molecule has 2 atom stereocenters. The maximum Gasteiger partial charge on any atom is 0.139 e. The molecule has 0 amide bonds. The van der Waals surface area contributed by atoms with Gasteiger partial charge >= 0.3 is 0 Å². The molecular formula is C19H20N6OS. The molecule has 0 bridgehead atoms. The number of carbonyl (C=O) groups is 1. The first-order valence-corrected chi connectivity index (χ1v) is 9.83. The number of aromatic nitrogens is 3. The maximum atomic E-state index is 11.0. The number of aromatic amines is 1. The molecule has 4 rings (SSSR count). The summed E-state index contributed by atoms with van der Waals surface area (Å²) in [5, 5.41) is 15.8. The Kier molecular flexibility index (Phi) is 5.14. The van der Waals surface area contributed by atoms with Crippen molar-refractivity contribution in [1.82, 2.24) is 19.2 Å². The molecule has 2 unspecified atom stereocenters. The van der Waals surface area contributed by atoms with Crippen LogP contribution >= 0.6 is 11.5 Å². The largest absolute Gasteiger partial charge is 0.380 e. The minimum atomic E-state index is -0.563. The number of hydrogen-bond acceptors (Lipinski definition) is 7. The average Bonchev–Trinajstić information content (AvgIpc) is 3.38. The van der Waals surface area contributed by atoms with Crippen LogP contribution in [0.2, 0.25) is 0 Å². The van der Waals surface area contributed by atoms with Crippen molar-refractivity contribution >= 4 is 34.5 Å². The van der Waals surface area contributed by atoms with Crippen molar-refractivity contribution in [2.75, 3.05) is 25.0 Å². The number of likely N-dealkylation sites (tertiary alicyclic amines) is 1. The monoisotopic (exact) mass is 380 g/mol. The van der Waals surface area contributed by atoms with Crippen LogP contribution in [0.1, 0.15) is 12.8 Å². The first kappa shape index (κ1) is 17.6. The Bertz CT molecular complexity index is 960. The van der Waals surface area contributed by atoms with Gasteiger partial charge in [0.15, 0.2) is 0 Å². The zero-order valence-corrected chi connectivity index (χ0v) is 15.6. The number of nitrogens with one attached hydrogen (secondary N) is 2. The second kappa shape index (κ2) is 7.86. The van der Waals surface area contributed by atoms with Crippen molar-refractivity contribution in [3.8, 4) is 17.3 Å². The van der Waals surface area contributed by atoms with Gasteiger partial charge in [0, 0.05) is 47.9 Å². The summed E-state index contributed by atoms with van der Waals surface area (Å²) < 4.78 is 4.47. The van der Waals surface area contributed by atoms with Crippen LogP contribution < -0.4 is 5.32 Å². The Morgan fingerprint density at radius 2 is 2.44 bits per heavy atom. The highest BCUT2D eigenvalue weighted by molar-refractivity contribution is 7.03. The third-order valence-electron chi connectivity index (χ3n) is 4.94. The first-order chi connectivity index (χ1) is 13.3. The van der Waals surface area contributed by atoms with Gasteiger partial charge in [-0.05, 0) is 43.1 Å². The van der Waals surface area contributed by atoms with Crippen LogP contribution in [0.15, 0.2) is 29.9 Å². The van der Waals surface area contributed by atoms with Crippen LogP contribution in [-0.4, -0.2) is 51.2 Å². The standard InChI is InChI=1S/C19H20N6OS/c20-8-13(12-26)10-25-6-1-2-14(11-25)23-18-15-3-5-21-19(15)22-9-16(18)17-4-7-27-24-17/h3-5,7,9,12-14H,1-2,6,10-11H2,(H2,21,22,23). The molecule has 1 saturated heterocycles.